The number of carbonyl (C=O) groups excluding carboxylic acids is 2. The Hall–Kier alpha value is -0.486. The second-order valence-electron chi connectivity index (χ2n) is 8.78. The van der Waals surface area contributed by atoms with Gasteiger partial charge in [0.25, 0.3) is 0 Å². The Morgan fingerprint density at radius 3 is 1.96 bits per heavy atom. The summed E-state index contributed by atoms with van der Waals surface area (Å²) in [5.41, 5.74) is -2.20. The van der Waals surface area contributed by atoms with Crippen LogP contribution in [-0.4, -0.2) is 71.6 Å². The quantitative estimate of drug-likeness (QED) is 0.511. The standard InChI is InChI=1S/C18H33N4O2.Y/c1-12(13(19)20(7)8)18(6)11-16(2,3)22(15(18)24)17(4,5)14(23)21(9)10;/h12H,11H2,1-10H3;/q-1;. The predicted molar refractivity (Wildman–Crippen MR) is 97.6 cm³/mol. The number of likely N-dealkylation sites (N-methyl/N-ethyl adjacent to an activating group) is 1. The zero-order valence-corrected chi connectivity index (χ0v) is 20.3. The molecule has 141 valence electrons. The Morgan fingerprint density at radius 1 is 1.16 bits per heavy atom. The van der Waals surface area contributed by atoms with Crippen molar-refractivity contribution in [3.05, 3.63) is 5.41 Å². The van der Waals surface area contributed by atoms with Gasteiger partial charge in [0, 0.05) is 52.3 Å². The van der Waals surface area contributed by atoms with Crippen molar-refractivity contribution < 1.29 is 42.3 Å². The molecule has 25 heavy (non-hydrogen) atoms. The average Bonchev–Trinajstić information content (AvgIpc) is 2.62. The smallest absolute Gasteiger partial charge is 0.247 e. The van der Waals surface area contributed by atoms with Crippen LogP contribution < -0.4 is 0 Å². The van der Waals surface area contributed by atoms with Crippen LogP contribution in [0.1, 0.15) is 48.0 Å². The van der Waals surface area contributed by atoms with E-state index in [9.17, 15) is 15.0 Å². The first kappa shape index (κ1) is 24.5. The van der Waals surface area contributed by atoms with Gasteiger partial charge in [0.15, 0.2) is 0 Å². The first-order valence-corrected chi connectivity index (χ1v) is 8.40. The SMILES string of the molecule is CC(C(=[N-])N(C)C)C1(C)CC(C)(C)N(C(C)(C)C(=O)N(C)C)C1=O.[Y]. The number of amidine groups is 1. The van der Waals surface area contributed by atoms with Gasteiger partial charge >= 0.3 is 0 Å². The summed E-state index contributed by atoms with van der Waals surface area (Å²) in [7, 11) is 6.92. The molecule has 2 atom stereocenters. The van der Waals surface area contributed by atoms with Crippen LogP contribution in [0.5, 0.6) is 0 Å². The summed E-state index contributed by atoms with van der Waals surface area (Å²) >= 11 is 0. The molecule has 1 rings (SSSR count). The number of likely N-dealkylation sites (tertiary alicyclic amines) is 1. The summed E-state index contributed by atoms with van der Waals surface area (Å²) < 4.78 is 0. The van der Waals surface area contributed by atoms with Crippen LogP contribution in [0.25, 0.3) is 5.41 Å². The Morgan fingerprint density at radius 2 is 1.60 bits per heavy atom. The summed E-state index contributed by atoms with van der Waals surface area (Å²) in [5.74, 6) is -0.356. The van der Waals surface area contributed by atoms with Crippen molar-refractivity contribution in [3.8, 4) is 0 Å². The fourth-order valence-corrected chi connectivity index (χ4v) is 4.25. The van der Waals surface area contributed by atoms with Gasteiger partial charge in [-0.25, -0.2) is 0 Å². The maximum absolute atomic E-state index is 13.4. The Labute approximate surface area is 178 Å². The van der Waals surface area contributed by atoms with Gasteiger partial charge in [-0.15, -0.1) is 0 Å². The zero-order chi connectivity index (χ0) is 19.2. The van der Waals surface area contributed by atoms with Crippen LogP contribution in [0, 0.1) is 11.3 Å². The Balaban J connectivity index is 0.00000576. The van der Waals surface area contributed by atoms with E-state index in [1.807, 2.05) is 27.7 Å². The first-order chi connectivity index (χ1) is 10.6. The van der Waals surface area contributed by atoms with Crippen LogP contribution in [0.2, 0.25) is 0 Å². The summed E-state index contributed by atoms with van der Waals surface area (Å²) in [6.45, 7) is 11.3. The molecular formula is C18H33N4O2Y-. The number of hydrogen-bond acceptors (Lipinski definition) is 2. The maximum atomic E-state index is 13.4. The Bertz CT molecular complexity index is 557. The van der Waals surface area contributed by atoms with Crippen molar-refractivity contribution in [2.24, 2.45) is 11.3 Å². The summed E-state index contributed by atoms with van der Waals surface area (Å²) in [5, 5.41) is 10.4. The molecule has 0 spiro atoms. The number of hydrogen-bond donors (Lipinski definition) is 0. The molecule has 0 saturated carbocycles. The van der Waals surface area contributed by atoms with E-state index in [0.717, 1.165) is 0 Å². The second-order valence-corrected chi connectivity index (χ2v) is 8.78. The average molecular weight is 426 g/mol. The molecule has 0 bridgehead atoms. The van der Waals surface area contributed by atoms with E-state index >= 15 is 0 Å². The normalized spacial score (nSPS) is 23.8. The molecule has 1 heterocycles. The second kappa shape index (κ2) is 7.63. The van der Waals surface area contributed by atoms with Gasteiger partial charge < -0.3 is 20.1 Å². The molecule has 1 fully saturated rings. The molecule has 1 radical (unpaired) electrons. The van der Waals surface area contributed by atoms with Crippen LogP contribution in [0.3, 0.4) is 0 Å². The molecular weight excluding hydrogens is 393 g/mol. The number of rotatable bonds is 4. The van der Waals surface area contributed by atoms with E-state index in [1.54, 1.807) is 51.8 Å². The molecule has 0 N–H and O–H groups in total. The van der Waals surface area contributed by atoms with Crippen LogP contribution in [0.4, 0.5) is 0 Å². The molecule has 0 aromatic rings. The van der Waals surface area contributed by atoms with E-state index < -0.39 is 16.5 Å². The van der Waals surface area contributed by atoms with Gasteiger partial charge in [-0.2, -0.15) is 0 Å². The first-order valence-electron chi connectivity index (χ1n) is 8.40. The molecule has 1 aliphatic heterocycles. The van der Waals surface area contributed by atoms with Gasteiger partial charge in [-0.1, -0.05) is 33.8 Å². The van der Waals surface area contributed by atoms with Crippen LogP contribution in [-0.2, 0) is 42.3 Å². The number of amides is 2. The molecule has 0 aromatic heterocycles. The van der Waals surface area contributed by atoms with Gasteiger partial charge in [-0.3, -0.25) is 9.59 Å². The van der Waals surface area contributed by atoms with Crippen molar-refractivity contribution in [1.82, 2.24) is 14.7 Å². The molecule has 1 aliphatic rings. The van der Waals surface area contributed by atoms with Gasteiger partial charge in [0.2, 0.25) is 11.8 Å². The van der Waals surface area contributed by atoms with Gasteiger partial charge in [-0.05, 0) is 40.0 Å². The minimum atomic E-state index is -0.949. The number of nitrogens with zero attached hydrogens (tertiary/aromatic N) is 4. The molecule has 6 nitrogen and oxygen atoms in total. The van der Waals surface area contributed by atoms with Gasteiger partial charge in [0.05, 0.1) is 5.41 Å². The van der Waals surface area contributed by atoms with E-state index in [2.05, 4.69) is 0 Å². The zero-order valence-electron chi connectivity index (χ0n) is 17.5. The van der Waals surface area contributed by atoms with Gasteiger partial charge in [0.1, 0.15) is 5.54 Å². The molecule has 1 saturated heterocycles. The third-order valence-corrected chi connectivity index (χ3v) is 5.39. The molecule has 0 aromatic carbocycles. The van der Waals surface area contributed by atoms with E-state index in [-0.39, 0.29) is 56.3 Å². The van der Waals surface area contributed by atoms with Crippen molar-refractivity contribution in [2.45, 2.75) is 59.0 Å². The largest absolute Gasteiger partial charge is 0.478 e. The number of carbonyl (C=O) groups is 2. The minimum absolute atomic E-state index is 0. The minimum Gasteiger partial charge on any atom is -0.478 e. The molecule has 2 amide bonds. The van der Waals surface area contributed by atoms with Crippen molar-refractivity contribution in [2.75, 3.05) is 28.2 Å². The Kier molecular flexibility index (Phi) is 7.49. The van der Waals surface area contributed by atoms with Crippen molar-refractivity contribution in [1.29, 1.82) is 0 Å². The fourth-order valence-electron chi connectivity index (χ4n) is 4.25. The topological polar surface area (TPSA) is 66.2 Å². The maximum Gasteiger partial charge on any atom is 0.247 e. The summed E-state index contributed by atoms with van der Waals surface area (Å²) in [4.78, 5) is 30.9. The van der Waals surface area contributed by atoms with E-state index in [4.69, 9.17) is 0 Å². The molecule has 7 heteroatoms. The van der Waals surface area contributed by atoms with Crippen LogP contribution >= 0.6 is 0 Å². The van der Waals surface area contributed by atoms with Crippen molar-refractivity contribution in [3.63, 3.8) is 0 Å². The fraction of sp³-hybridized carbons (Fsp3) is 0.833. The predicted octanol–water partition coefficient (Wildman–Crippen LogP) is 2.03. The summed E-state index contributed by atoms with van der Waals surface area (Å²) in [6, 6.07) is 0. The van der Waals surface area contributed by atoms with E-state index in [0.29, 0.717) is 6.42 Å². The molecule has 0 aliphatic carbocycles. The monoisotopic (exact) mass is 426 g/mol. The van der Waals surface area contributed by atoms with E-state index in [1.165, 1.54) is 4.90 Å². The van der Waals surface area contributed by atoms with Crippen LogP contribution in [0.15, 0.2) is 0 Å². The van der Waals surface area contributed by atoms with Crippen molar-refractivity contribution >= 4 is 17.6 Å². The summed E-state index contributed by atoms with van der Waals surface area (Å²) in [6.07, 6.45) is 0.571. The third-order valence-electron chi connectivity index (χ3n) is 5.39. The third kappa shape index (κ3) is 4.10. The molecule has 2 unspecified atom stereocenters.